The SMILES string of the molecule is CC(C)CCC[C@H](C)[C@@H]1CC[C@@H]2[C@@H]3CC=C4C[C@@H](OC(C)C)CC[C@]4(C)[C@@H]3CC[C@@]21C. The Balaban J connectivity index is 1.46. The molecule has 3 saturated carbocycles. The maximum Gasteiger partial charge on any atom is 0.0616 e. The zero-order valence-corrected chi connectivity index (χ0v) is 21.9. The lowest BCUT2D eigenvalue weighted by Gasteiger charge is -2.58. The molecular weight excluding hydrogens is 376 g/mol. The normalized spacial score (nSPS) is 43.4. The monoisotopic (exact) mass is 428 g/mol. The van der Waals surface area contributed by atoms with Gasteiger partial charge in [0.15, 0.2) is 0 Å². The molecule has 4 rings (SSSR count). The fraction of sp³-hybridized carbons (Fsp3) is 0.933. The van der Waals surface area contributed by atoms with Crippen LogP contribution in [0.5, 0.6) is 0 Å². The molecule has 31 heavy (non-hydrogen) atoms. The van der Waals surface area contributed by atoms with Gasteiger partial charge in [0.05, 0.1) is 12.2 Å². The van der Waals surface area contributed by atoms with Gasteiger partial charge in [0.25, 0.3) is 0 Å². The molecular formula is C30H52O. The Morgan fingerprint density at radius 3 is 2.42 bits per heavy atom. The van der Waals surface area contributed by atoms with Gasteiger partial charge in [0.1, 0.15) is 0 Å². The van der Waals surface area contributed by atoms with Crippen LogP contribution in [0.2, 0.25) is 0 Å². The summed E-state index contributed by atoms with van der Waals surface area (Å²) in [6, 6.07) is 0. The zero-order valence-electron chi connectivity index (χ0n) is 21.9. The summed E-state index contributed by atoms with van der Waals surface area (Å²) in [5, 5.41) is 0. The lowest BCUT2D eigenvalue weighted by molar-refractivity contribution is -0.0707. The predicted octanol–water partition coefficient (Wildman–Crippen LogP) is 8.82. The summed E-state index contributed by atoms with van der Waals surface area (Å²) in [6.07, 6.45) is 19.0. The number of allylic oxidation sites excluding steroid dienone is 1. The minimum absolute atomic E-state index is 0.361. The largest absolute Gasteiger partial charge is 0.375 e. The molecule has 0 aliphatic heterocycles. The molecule has 8 atom stereocenters. The van der Waals surface area contributed by atoms with E-state index in [0.717, 1.165) is 35.5 Å². The number of hydrogen-bond acceptors (Lipinski definition) is 1. The molecule has 4 aliphatic rings. The molecule has 3 fully saturated rings. The summed E-state index contributed by atoms with van der Waals surface area (Å²) in [6.45, 7) is 17.1. The minimum atomic E-state index is 0.361. The van der Waals surface area contributed by atoms with E-state index in [1.165, 1.54) is 70.6 Å². The minimum Gasteiger partial charge on any atom is -0.375 e. The van der Waals surface area contributed by atoms with E-state index in [4.69, 9.17) is 4.74 Å². The average Bonchev–Trinajstić information content (AvgIpc) is 3.05. The molecule has 0 saturated heterocycles. The van der Waals surface area contributed by atoms with Crippen molar-refractivity contribution in [1.29, 1.82) is 0 Å². The third-order valence-corrected chi connectivity index (χ3v) is 10.7. The molecule has 4 aliphatic carbocycles. The molecule has 1 heteroatoms. The van der Waals surface area contributed by atoms with Crippen molar-refractivity contribution in [3.8, 4) is 0 Å². The fourth-order valence-corrected chi connectivity index (χ4v) is 9.15. The molecule has 0 N–H and O–H groups in total. The van der Waals surface area contributed by atoms with Gasteiger partial charge in [0.2, 0.25) is 0 Å². The first-order valence-corrected chi connectivity index (χ1v) is 14.0. The van der Waals surface area contributed by atoms with E-state index in [-0.39, 0.29) is 0 Å². The molecule has 0 aromatic heterocycles. The molecule has 0 radical (unpaired) electrons. The third-order valence-electron chi connectivity index (χ3n) is 10.7. The highest BCUT2D eigenvalue weighted by molar-refractivity contribution is 5.25. The van der Waals surface area contributed by atoms with Crippen molar-refractivity contribution >= 4 is 0 Å². The zero-order chi connectivity index (χ0) is 22.4. The van der Waals surface area contributed by atoms with Gasteiger partial charge in [-0.3, -0.25) is 0 Å². The van der Waals surface area contributed by atoms with Crippen LogP contribution in [0.1, 0.15) is 119 Å². The number of ether oxygens (including phenoxy) is 1. The van der Waals surface area contributed by atoms with Crippen molar-refractivity contribution in [2.24, 2.45) is 46.3 Å². The molecule has 178 valence electrons. The van der Waals surface area contributed by atoms with Crippen molar-refractivity contribution < 1.29 is 4.74 Å². The van der Waals surface area contributed by atoms with E-state index in [9.17, 15) is 0 Å². The summed E-state index contributed by atoms with van der Waals surface area (Å²) < 4.78 is 6.25. The van der Waals surface area contributed by atoms with Crippen LogP contribution in [0.3, 0.4) is 0 Å². The van der Waals surface area contributed by atoms with Gasteiger partial charge in [-0.25, -0.2) is 0 Å². The van der Waals surface area contributed by atoms with Crippen molar-refractivity contribution in [3.63, 3.8) is 0 Å². The van der Waals surface area contributed by atoms with Crippen LogP contribution >= 0.6 is 0 Å². The molecule has 0 unspecified atom stereocenters. The van der Waals surface area contributed by atoms with Gasteiger partial charge >= 0.3 is 0 Å². The van der Waals surface area contributed by atoms with Gasteiger partial charge < -0.3 is 4.74 Å². The van der Waals surface area contributed by atoms with E-state index in [0.29, 0.717) is 23.0 Å². The second-order valence-electron chi connectivity index (χ2n) is 13.3. The Labute approximate surface area is 194 Å². The van der Waals surface area contributed by atoms with Crippen LogP contribution in [-0.4, -0.2) is 12.2 Å². The quantitative estimate of drug-likeness (QED) is 0.368. The maximum atomic E-state index is 6.25. The Morgan fingerprint density at radius 1 is 0.935 bits per heavy atom. The van der Waals surface area contributed by atoms with Crippen LogP contribution in [0.15, 0.2) is 11.6 Å². The van der Waals surface area contributed by atoms with Gasteiger partial charge in [-0.15, -0.1) is 0 Å². The second kappa shape index (κ2) is 9.15. The summed E-state index contributed by atoms with van der Waals surface area (Å²) in [5.74, 6) is 5.60. The van der Waals surface area contributed by atoms with E-state index in [1.807, 2.05) is 0 Å². The first-order chi connectivity index (χ1) is 14.6. The van der Waals surface area contributed by atoms with Crippen molar-refractivity contribution in [2.75, 3.05) is 0 Å². The van der Waals surface area contributed by atoms with Crippen molar-refractivity contribution in [3.05, 3.63) is 11.6 Å². The first-order valence-electron chi connectivity index (χ1n) is 14.0. The van der Waals surface area contributed by atoms with Gasteiger partial charge in [-0.05, 0) is 112 Å². The van der Waals surface area contributed by atoms with Crippen LogP contribution in [0, 0.1) is 46.3 Å². The highest BCUT2D eigenvalue weighted by Crippen LogP contribution is 2.67. The summed E-state index contributed by atoms with van der Waals surface area (Å²) in [7, 11) is 0. The van der Waals surface area contributed by atoms with Crippen LogP contribution in [0.4, 0.5) is 0 Å². The average molecular weight is 429 g/mol. The van der Waals surface area contributed by atoms with Gasteiger partial charge in [-0.2, -0.15) is 0 Å². The smallest absolute Gasteiger partial charge is 0.0616 e. The van der Waals surface area contributed by atoms with Crippen LogP contribution in [-0.2, 0) is 4.74 Å². The van der Waals surface area contributed by atoms with E-state index in [1.54, 1.807) is 5.57 Å². The van der Waals surface area contributed by atoms with E-state index >= 15 is 0 Å². The topological polar surface area (TPSA) is 9.23 Å². The Hall–Kier alpha value is -0.300. The van der Waals surface area contributed by atoms with Crippen LogP contribution < -0.4 is 0 Å². The molecule has 0 amide bonds. The molecule has 0 heterocycles. The fourth-order valence-electron chi connectivity index (χ4n) is 9.15. The Kier molecular flexibility index (Phi) is 7.04. The predicted molar refractivity (Wildman–Crippen MR) is 133 cm³/mol. The maximum absolute atomic E-state index is 6.25. The van der Waals surface area contributed by atoms with Crippen molar-refractivity contribution in [2.45, 2.75) is 131 Å². The summed E-state index contributed by atoms with van der Waals surface area (Å²) >= 11 is 0. The highest BCUT2D eigenvalue weighted by Gasteiger charge is 2.59. The molecule has 0 aromatic carbocycles. The van der Waals surface area contributed by atoms with E-state index in [2.05, 4.69) is 54.5 Å². The molecule has 1 nitrogen and oxygen atoms in total. The lowest BCUT2D eigenvalue weighted by Crippen LogP contribution is -2.51. The number of fused-ring (bicyclic) bond motifs is 5. The first kappa shape index (κ1) is 23.8. The summed E-state index contributed by atoms with van der Waals surface area (Å²) in [4.78, 5) is 0. The van der Waals surface area contributed by atoms with Crippen molar-refractivity contribution in [1.82, 2.24) is 0 Å². The third kappa shape index (κ3) is 4.43. The molecule has 0 bridgehead atoms. The van der Waals surface area contributed by atoms with Gasteiger partial charge in [-0.1, -0.05) is 65.5 Å². The van der Waals surface area contributed by atoms with Crippen LogP contribution in [0.25, 0.3) is 0 Å². The van der Waals surface area contributed by atoms with Gasteiger partial charge in [0, 0.05) is 0 Å². The number of hydrogen-bond donors (Lipinski definition) is 0. The molecule has 0 aromatic rings. The highest BCUT2D eigenvalue weighted by atomic mass is 16.5. The summed E-state index contributed by atoms with van der Waals surface area (Å²) in [5.41, 5.74) is 2.84. The Morgan fingerprint density at radius 2 is 1.71 bits per heavy atom. The lowest BCUT2D eigenvalue weighted by atomic mass is 9.47. The second-order valence-corrected chi connectivity index (χ2v) is 13.3. The van der Waals surface area contributed by atoms with E-state index < -0.39 is 0 Å². The Bertz CT molecular complexity index is 647. The number of rotatable bonds is 7. The molecule has 0 spiro atoms. The standard InChI is InChI=1S/C30H52O/c1-20(2)9-8-10-22(5)26-13-14-27-25-12-11-23-19-24(31-21(3)4)15-17-29(23,6)28(25)16-18-30(26,27)7/h11,20-22,24-28H,8-10,12-19H2,1-7H3/t22-,24-,25-,26-,27+,28+,29-,30+/m0/s1.